The van der Waals surface area contributed by atoms with Crippen LogP contribution in [0.1, 0.15) is 18.0 Å². The third kappa shape index (κ3) is 2.97. The molecular weight excluding hydrogens is 268 g/mol. The van der Waals surface area contributed by atoms with Crippen molar-refractivity contribution in [3.8, 4) is 0 Å². The van der Waals surface area contributed by atoms with E-state index in [-0.39, 0.29) is 0 Å². The molecule has 1 saturated heterocycles. The third-order valence-electron chi connectivity index (χ3n) is 3.81. The van der Waals surface area contributed by atoms with E-state index in [9.17, 15) is 0 Å². The van der Waals surface area contributed by atoms with Crippen LogP contribution in [0.2, 0.25) is 5.02 Å². The average Bonchev–Trinajstić information content (AvgIpc) is 2.75. The van der Waals surface area contributed by atoms with Gasteiger partial charge in [-0.3, -0.25) is 0 Å². The van der Waals surface area contributed by atoms with Crippen molar-refractivity contribution in [1.29, 1.82) is 0 Å². The van der Waals surface area contributed by atoms with Gasteiger partial charge in [-0.2, -0.15) is 0 Å². The van der Waals surface area contributed by atoms with Gasteiger partial charge in [0.05, 0.1) is 6.04 Å². The summed E-state index contributed by atoms with van der Waals surface area (Å²) in [6.45, 7) is 3.12. The average molecular weight is 287 g/mol. The minimum absolute atomic E-state index is 0.358. The second-order valence-corrected chi connectivity index (χ2v) is 5.59. The predicted octanol–water partition coefficient (Wildman–Crippen LogP) is 3.88. The van der Waals surface area contributed by atoms with E-state index in [1.807, 2.05) is 12.1 Å². The zero-order chi connectivity index (χ0) is 13.8. The maximum absolute atomic E-state index is 6.01. The highest BCUT2D eigenvalue weighted by molar-refractivity contribution is 6.30. The normalized spacial score (nSPS) is 19.6. The SMILES string of the molecule is Clc1ccc([C@H]2CNCCCN2c2ccccc2)cc1. The number of nitrogens with zero attached hydrogens (tertiary/aromatic N) is 1. The molecule has 0 aliphatic carbocycles. The van der Waals surface area contributed by atoms with Crippen LogP contribution >= 0.6 is 11.6 Å². The molecule has 1 N–H and O–H groups in total. The molecule has 0 spiro atoms. The van der Waals surface area contributed by atoms with Gasteiger partial charge in [-0.15, -0.1) is 0 Å². The van der Waals surface area contributed by atoms with Crippen molar-refractivity contribution in [3.05, 3.63) is 65.2 Å². The molecule has 1 fully saturated rings. The van der Waals surface area contributed by atoms with Gasteiger partial charge in [0.25, 0.3) is 0 Å². The van der Waals surface area contributed by atoms with E-state index in [1.54, 1.807) is 0 Å². The van der Waals surface area contributed by atoms with Crippen molar-refractivity contribution in [2.24, 2.45) is 0 Å². The van der Waals surface area contributed by atoms with Gasteiger partial charge in [0.15, 0.2) is 0 Å². The lowest BCUT2D eigenvalue weighted by Crippen LogP contribution is -2.32. The van der Waals surface area contributed by atoms with Gasteiger partial charge in [-0.05, 0) is 42.8 Å². The molecule has 0 amide bonds. The number of para-hydroxylation sites is 1. The highest BCUT2D eigenvalue weighted by atomic mass is 35.5. The molecule has 104 valence electrons. The van der Waals surface area contributed by atoms with Crippen LogP contribution in [0.5, 0.6) is 0 Å². The first-order valence-corrected chi connectivity index (χ1v) is 7.50. The van der Waals surface area contributed by atoms with Crippen LogP contribution in [-0.2, 0) is 0 Å². The second-order valence-electron chi connectivity index (χ2n) is 5.15. The first-order valence-electron chi connectivity index (χ1n) is 7.12. The smallest absolute Gasteiger partial charge is 0.0667 e. The Bertz CT molecular complexity index is 539. The zero-order valence-electron chi connectivity index (χ0n) is 11.4. The zero-order valence-corrected chi connectivity index (χ0v) is 12.2. The summed E-state index contributed by atoms with van der Waals surface area (Å²) in [6, 6.07) is 19.2. The second kappa shape index (κ2) is 6.29. The Morgan fingerprint density at radius 1 is 1.00 bits per heavy atom. The molecule has 0 radical (unpaired) electrons. The van der Waals surface area contributed by atoms with E-state index in [2.05, 4.69) is 52.7 Å². The lowest BCUT2D eigenvalue weighted by molar-refractivity contribution is 0.617. The van der Waals surface area contributed by atoms with Gasteiger partial charge in [-0.1, -0.05) is 41.9 Å². The van der Waals surface area contributed by atoms with Gasteiger partial charge in [0.1, 0.15) is 0 Å². The number of rotatable bonds is 2. The van der Waals surface area contributed by atoms with Crippen LogP contribution < -0.4 is 10.2 Å². The topological polar surface area (TPSA) is 15.3 Å². The van der Waals surface area contributed by atoms with Crippen LogP contribution in [0.4, 0.5) is 5.69 Å². The van der Waals surface area contributed by atoms with Gasteiger partial charge in [-0.25, -0.2) is 0 Å². The molecule has 2 nitrogen and oxygen atoms in total. The monoisotopic (exact) mass is 286 g/mol. The molecule has 0 saturated carbocycles. The quantitative estimate of drug-likeness (QED) is 0.901. The minimum atomic E-state index is 0.358. The Balaban J connectivity index is 1.93. The lowest BCUT2D eigenvalue weighted by atomic mass is 10.0. The summed E-state index contributed by atoms with van der Waals surface area (Å²) in [6.07, 6.45) is 1.17. The van der Waals surface area contributed by atoms with E-state index in [1.165, 1.54) is 17.7 Å². The van der Waals surface area contributed by atoms with E-state index in [0.29, 0.717) is 6.04 Å². The van der Waals surface area contributed by atoms with Crippen molar-refractivity contribution < 1.29 is 0 Å². The molecule has 3 rings (SSSR count). The fourth-order valence-electron chi connectivity index (χ4n) is 2.79. The predicted molar refractivity (Wildman–Crippen MR) is 85.5 cm³/mol. The van der Waals surface area contributed by atoms with E-state index in [4.69, 9.17) is 11.6 Å². The maximum Gasteiger partial charge on any atom is 0.0667 e. The molecule has 1 aliphatic heterocycles. The fourth-order valence-corrected chi connectivity index (χ4v) is 2.92. The summed E-state index contributed by atoms with van der Waals surface area (Å²) >= 11 is 6.01. The fraction of sp³-hybridized carbons (Fsp3) is 0.294. The Morgan fingerprint density at radius 3 is 2.50 bits per heavy atom. The number of anilines is 1. The number of benzene rings is 2. The van der Waals surface area contributed by atoms with Crippen molar-refractivity contribution >= 4 is 17.3 Å². The minimum Gasteiger partial charge on any atom is -0.363 e. The summed E-state index contributed by atoms with van der Waals surface area (Å²) in [7, 11) is 0. The first kappa shape index (κ1) is 13.5. The molecule has 0 aromatic heterocycles. The molecule has 1 heterocycles. The Hall–Kier alpha value is -1.51. The molecular formula is C17H19ClN2. The summed E-state index contributed by atoms with van der Waals surface area (Å²) in [5.41, 5.74) is 2.60. The Labute approximate surface area is 125 Å². The van der Waals surface area contributed by atoms with Crippen molar-refractivity contribution in [1.82, 2.24) is 5.32 Å². The standard InChI is InChI=1S/C17H19ClN2/c18-15-9-7-14(8-10-15)17-13-19-11-4-12-20(17)16-5-2-1-3-6-16/h1-3,5-10,17,19H,4,11-13H2/t17-/m1/s1. The van der Waals surface area contributed by atoms with Gasteiger partial charge in [0, 0.05) is 23.8 Å². The summed E-state index contributed by atoms with van der Waals surface area (Å²) in [5, 5.41) is 4.33. The molecule has 0 unspecified atom stereocenters. The maximum atomic E-state index is 6.01. The Kier molecular flexibility index (Phi) is 4.24. The third-order valence-corrected chi connectivity index (χ3v) is 4.06. The largest absolute Gasteiger partial charge is 0.363 e. The van der Waals surface area contributed by atoms with Crippen molar-refractivity contribution in [2.45, 2.75) is 12.5 Å². The van der Waals surface area contributed by atoms with Crippen molar-refractivity contribution in [3.63, 3.8) is 0 Å². The first-order chi connectivity index (χ1) is 9.84. The van der Waals surface area contributed by atoms with Gasteiger partial charge in [0.2, 0.25) is 0 Å². The molecule has 2 aromatic rings. The molecule has 1 aliphatic rings. The summed E-state index contributed by atoms with van der Waals surface area (Å²) in [4.78, 5) is 2.49. The van der Waals surface area contributed by atoms with Crippen molar-refractivity contribution in [2.75, 3.05) is 24.5 Å². The molecule has 2 aromatic carbocycles. The molecule has 20 heavy (non-hydrogen) atoms. The van der Waals surface area contributed by atoms with E-state index in [0.717, 1.165) is 24.7 Å². The lowest BCUT2D eigenvalue weighted by Gasteiger charge is -2.32. The Morgan fingerprint density at radius 2 is 1.75 bits per heavy atom. The number of halogens is 1. The highest BCUT2D eigenvalue weighted by Gasteiger charge is 2.22. The molecule has 0 bridgehead atoms. The molecule has 3 heteroatoms. The van der Waals surface area contributed by atoms with Crippen LogP contribution in [0.3, 0.4) is 0 Å². The molecule has 1 atom stereocenters. The van der Waals surface area contributed by atoms with Crippen LogP contribution in [0.25, 0.3) is 0 Å². The summed E-state index contributed by atoms with van der Waals surface area (Å²) < 4.78 is 0. The number of hydrogen-bond donors (Lipinski definition) is 1. The van der Waals surface area contributed by atoms with Crippen LogP contribution in [0.15, 0.2) is 54.6 Å². The van der Waals surface area contributed by atoms with E-state index < -0.39 is 0 Å². The van der Waals surface area contributed by atoms with Crippen LogP contribution in [-0.4, -0.2) is 19.6 Å². The number of hydrogen-bond acceptors (Lipinski definition) is 2. The van der Waals surface area contributed by atoms with Gasteiger partial charge >= 0.3 is 0 Å². The van der Waals surface area contributed by atoms with E-state index >= 15 is 0 Å². The number of nitrogens with one attached hydrogen (secondary N) is 1. The summed E-state index contributed by atoms with van der Waals surface area (Å²) in [5.74, 6) is 0. The van der Waals surface area contributed by atoms with Gasteiger partial charge < -0.3 is 10.2 Å². The highest BCUT2D eigenvalue weighted by Crippen LogP contribution is 2.28. The van der Waals surface area contributed by atoms with Crippen LogP contribution in [0, 0.1) is 0 Å².